The molecule has 0 unspecified atom stereocenters. The summed E-state index contributed by atoms with van der Waals surface area (Å²) in [5, 5.41) is 0.726. The first-order chi connectivity index (χ1) is 9.16. The number of benzene rings is 2. The van der Waals surface area contributed by atoms with Gasteiger partial charge in [-0.1, -0.05) is 48.0 Å². The maximum Gasteiger partial charge on any atom is 0.227 e. The number of rotatable bonds is 5. The van der Waals surface area contributed by atoms with Crippen molar-refractivity contribution in [3.8, 4) is 11.1 Å². The SMILES string of the molecule is NC(=O)CSCc1ccccc1-c1ccc(Cl)cc1. The fourth-order valence-corrected chi connectivity index (χ4v) is 2.72. The molecule has 2 aromatic rings. The van der Waals surface area contributed by atoms with Gasteiger partial charge in [0.05, 0.1) is 5.75 Å². The van der Waals surface area contributed by atoms with Crippen molar-refractivity contribution in [2.24, 2.45) is 5.73 Å². The average molecular weight is 292 g/mol. The van der Waals surface area contributed by atoms with Gasteiger partial charge in [0, 0.05) is 10.8 Å². The summed E-state index contributed by atoms with van der Waals surface area (Å²) in [6.07, 6.45) is 0. The van der Waals surface area contributed by atoms with E-state index in [-0.39, 0.29) is 5.91 Å². The van der Waals surface area contributed by atoms with Crippen LogP contribution in [0.3, 0.4) is 0 Å². The molecule has 0 saturated heterocycles. The van der Waals surface area contributed by atoms with E-state index in [0.717, 1.165) is 21.9 Å². The van der Waals surface area contributed by atoms with Crippen molar-refractivity contribution in [2.45, 2.75) is 5.75 Å². The highest BCUT2D eigenvalue weighted by Crippen LogP contribution is 2.27. The standard InChI is InChI=1S/C15H14ClNOS/c16-13-7-5-11(6-8-13)14-4-2-1-3-12(14)9-19-10-15(17)18/h1-8H,9-10H2,(H2,17,18). The lowest BCUT2D eigenvalue weighted by Gasteiger charge is -2.09. The number of carbonyl (C=O) groups is 1. The smallest absolute Gasteiger partial charge is 0.227 e. The first-order valence-electron chi connectivity index (χ1n) is 5.86. The van der Waals surface area contributed by atoms with Gasteiger partial charge in [-0.15, -0.1) is 11.8 Å². The second-order valence-electron chi connectivity index (χ2n) is 4.12. The van der Waals surface area contributed by atoms with Crippen molar-refractivity contribution in [1.29, 1.82) is 0 Å². The Morgan fingerprint density at radius 3 is 2.47 bits per heavy atom. The van der Waals surface area contributed by atoms with Gasteiger partial charge in [0.15, 0.2) is 0 Å². The Hall–Kier alpha value is -1.45. The molecule has 0 spiro atoms. The Labute approximate surface area is 122 Å². The number of amides is 1. The third kappa shape index (κ3) is 4.01. The summed E-state index contributed by atoms with van der Waals surface area (Å²) in [4.78, 5) is 10.8. The number of thioether (sulfide) groups is 1. The molecular weight excluding hydrogens is 278 g/mol. The zero-order valence-corrected chi connectivity index (χ0v) is 11.9. The molecule has 0 atom stereocenters. The molecule has 2 rings (SSSR count). The van der Waals surface area contributed by atoms with E-state index >= 15 is 0 Å². The minimum Gasteiger partial charge on any atom is -0.369 e. The molecule has 0 aliphatic heterocycles. The van der Waals surface area contributed by atoms with Crippen LogP contribution in [0.5, 0.6) is 0 Å². The maximum absolute atomic E-state index is 10.8. The molecule has 0 aliphatic rings. The molecule has 19 heavy (non-hydrogen) atoms. The van der Waals surface area contributed by atoms with Gasteiger partial charge in [0.1, 0.15) is 0 Å². The molecule has 98 valence electrons. The molecule has 4 heteroatoms. The van der Waals surface area contributed by atoms with Gasteiger partial charge < -0.3 is 5.73 Å². The van der Waals surface area contributed by atoms with E-state index in [4.69, 9.17) is 17.3 Å². The van der Waals surface area contributed by atoms with Crippen molar-refractivity contribution in [3.05, 3.63) is 59.1 Å². The van der Waals surface area contributed by atoms with E-state index in [1.54, 1.807) is 0 Å². The molecule has 0 heterocycles. The van der Waals surface area contributed by atoms with E-state index in [1.165, 1.54) is 17.3 Å². The summed E-state index contributed by atoms with van der Waals surface area (Å²) in [6, 6.07) is 15.9. The molecule has 2 nitrogen and oxygen atoms in total. The summed E-state index contributed by atoms with van der Waals surface area (Å²) in [5.41, 5.74) is 8.63. The maximum atomic E-state index is 10.8. The summed E-state index contributed by atoms with van der Waals surface area (Å²) < 4.78 is 0. The Kier molecular flexibility index (Phi) is 4.88. The van der Waals surface area contributed by atoms with E-state index in [9.17, 15) is 4.79 Å². The predicted molar refractivity (Wildman–Crippen MR) is 82.2 cm³/mol. The number of hydrogen-bond acceptors (Lipinski definition) is 2. The molecule has 2 N–H and O–H groups in total. The fourth-order valence-electron chi connectivity index (χ4n) is 1.82. The highest BCUT2D eigenvalue weighted by atomic mass is 35.5. The number of hydrogen-bond donors (Lipinski definition) is 1. The Bertz CT molecular complexity index is 569. The van der Waals surface area contributed by atoms with Crippen LogP contribution in [-0.4, -0.2) is 11.7 Å². The molecule has 0 aromatic heterocycles. The van der Waals surface area contributed by atoms with Crippen molar-refractivity contribution >= 4 is 29.3 Å². The lowest BCUT2D eigenvalue weighted by Crippen LogP contribution is -2.13. The van der Waals surface area contributed by atoms with E-state index in [0.29, 0.717) is 5.75 Å². The zero-order chi connectivity index (χ0) is 13.7. The van der Waals surface area contributed by atoms with Gasteiger partial charge in [-0.2, -0.15) is 0 Å². The molecule has 0 fully saturated rings. The average Bonchev–Trinajstić information content (AvgIpc) is 2.40. The first-order valence-corrected chi connectivity index (χ1v) is 7.40. The summed E-state index contributed by atoms with van der Waals surface area (Å²) in [6.45, 7) is 0. The lowest BCUT2D eigenvalue weighted by molar-refractivity contribution is -0.115. The van der Waals surface area contributed by atoms with Gasteiger partial charge in [-0.25, -0.2) is 0 Å². The third-order valence-corrected chi connectivity index (χ3v) is 3.93. The first kappa shape index (κ1) is 14.0. The molecule has 1 amide bonds. The number of halogens is 1. The van der Waals surface area contributed by atoms with E-state index in [2.05, 4.69) is 12.1 Å². The van der Waals surface area contributed by atoms with Crippen LogP contribution in [0.4, 0.5) is 0 Å². The van der Waals surface area contributed by atoms with Gasteiger partial charge in [0.2, 0.25) is 5.91 Å². The molecular formula is C15H14ClNOS. The van der Waals surface area contributed by atoms with Gasteiger partial charge >= 0.3 is 0 Å². The Balaban J connectivity index is 2.20. The largest absolute Gasteiger partial charge is 0.369 e. The van der Waals surface area contributed by atoms with Crippen LogP contribution in [0.1, 0.15) is 5.56 Å². The number of nitrogens with two attached hydrogens (primary N) is 1. The van der Waals surface area contributed by atoms with Crippen LogP contribution in [0.2, 0.25) is 5.02 Å². The summed E-state index contributed by atoms with van der Waals surface area (Å²) in [7, 11) is 0. The third-order valence-electron chi connectivity index (χ3n) is 2.67. The molecule has 0 radical (unpaired) electrons. The molecule has 2 aromatic carbocycles. The minimum absolute atomic E-state index is 0.283. The fraction of sp³-hybridized carbons (Fsp3) is 0.133. The highest BCUT2D eigenvalue weighted by molar-refractivity contribution is 7.99. The molecule has 0 saturated carbocycles. The predicted octanol–water partition coefficient (Wildman–Crippen LogP) is 3.73. The zero-order valence-electron chi connectivity index (χ0n) is 10.3. The Morgan fingerprint density at radius 1 is 1.11 bits per heavy atom. The second-order valence-corrected chi connectivity index (χ2v) is 5.55. The van der Waals surface area contributed by atoms with Crippen molar-refractivity contribution in [3.63, 3.8) is 0 Å². The van der Waals surface area contributed by atoms with Crippen LogP contribution in [0.15, 0.2) is 48.5 Å². The van der Waals surface area contributed by atoms with E-state index < -0.39 is 0 Å². The van der Waals surface area contributed by atoms with Gasteiger partial charge in [0.25, 0.3) is 0 Å². The van der Waals surface area contributed by atoms with Crippen LogP contribution in [0, 0.1) is 0 Å². The second kappa shape index (κ2) is 6.64. The van der Waals surface area contributed by atoms with Crippen molar-refractivity contribution < 1.29 is 4.79 Å². The highest BCUT2D eigenvalue weighted by Gasteiger charge is 2.05. The van der Waals surface area contributed by atoms with E-state index in [1.807, 2.05) is 36.4 Å². The van der Waals surface area contributed by atoms with Crippen LogP contribution < -0.4 is 5.73 Å². The normalized spacial score (nSPS) is 10.4. The quantitative estimate of drug-likeness (QED) is 0.912. The minimum atomic E-state index is -0.283. The number of primary amides is 1. The number of carbonyl (C=O) groups excluding carboxylic acids is 1. The van der Waals surface area contributed by atoms with Gasteiger partial charge in [-0.05, 0) is 28.8 Å². The molecule has 0 aliphatic carbocycles. The van der Waals surface area contributed by atoms with Crippen LogP contribution in [0.25, 0.3) is 11.1 Å². The summed E-state index contributed by atoms with van der Waals surface area (Å²) in [5.74, 6) is 0.824. The molecule has 0 bridgehead atoms. The van der Waals surface area contributed by atoms with Crippen LogP contribution >= 0.6 is 23.4 Å². The summed E-state index contributed by atoms with van der Waals surface area (Å²) >= 11 is 7.43. The van der Waals surface area contributed by atoms with Crippen molar-refractivity contribution in [1.82, 2.24) is 0 Å². The Morgan fingerprint density at radius 2 is 1.79 bits per heavy atom. The lowest BCUT2D eigenvalue weighted by atomic mass is 10.0. The topological polar surface area (TPSA) is 43.1 Å². The monoisotopic (exact) mass is 291 g/mol. The van der Waals surface area contributed by atoms with Crippen molar-refractivity contribution in [2.75, 3.05) is 5.75 Å². The van der Waals surface area contributed by atoms with Crippen LogP contribution in [-0.2, 0) is 10.5 Å². The van der Waals surface area contributed by atoms with Gasteiger partial charge in [-0.3, -0.25) is 4.79 Å².